The number of ether oxygens (including phenoxy) is 3. The molecule has 9 nitrogen and oxygen atoms in total. The number of hydrogen-bond acceptors (Lipinski definition) is 9. The van der Waals surface area contributed by atoms with E-state index in [1.807, 2.05) is 31.2 Å². The van der Waals surface area contributed by atoms with E-state index in [0.29, 0.717) is 37.0 Å². The van der Waals surface area contributed by atoms with Crippen molar-refractivity contribution in [3.8, 4) is 21.9 Å². The molecule has 4 aromatic rings. The minimum atomic E-state index is -0.0496. The molecule has 0 aliphatic rings. The summed E-state index contributed by atoms with van der Waals surface area (Å²) >= 11 is 1.73. The number of aromatic nitrogens is 2. The number of carbonyl (C=O) groups is 1. The summed E-state index contributed by atoms with van der Waals surface area (Å²) in [5.41, 5.74) is 3.07. The number of nitrogens with one attached hydrogen (secondary N) is 3. The minimum absolute atomic E-state index is 0.00966. The Morgan fingerprint density at radius 1 is 1.03 bits per heavy atom. The van der Waals surface area contributed by atoms with Gasteiger partial charge in [0.15, 0.2) is 11.5 Å². The quantitative estimate of drug-likeness (QED) is 0.206. The van der Waals surface area contributed by atoms with Crippen LogP contribution in [0.5, 0.6) is 11.5 Å². The first-order valence-corrected chi connectivity index (χ1v) is 13.6. The van der Waals surface area contributed by atoms with E-state index in [1.165, 1.54) is 4.88 Å². The van der Waals surface area contributed by atoms with Crippen LogP contribution in [0.25, 0.3) is 21.3 Å². The van der Waals surface area contributed by atoms with Crippen LogP contribution in [-0.4, -0.2) is 56.9 Å². The number of anilines is 1. The summed E-state index contributed by atoms with van der Waals surface area (Å²) in [6.07, 6.45) is 0. The van der Waals surface area contributed by atoms with Crippen LogP contribution in [0.15, 0.2) is 48.5 Å². The zero-order chi connectivity index (χ0) is 27.8. The van der Waals surface area contributed by atoms with Crippen LogP contribution < -0.4 is 25.4 Å². The second kappa shape index (κ2) is 13.4. The predicted molar refractivity (Wildman–Crippen MR) is 156 cm³/mol. The van der Waals surface area contributed by atoms with Crippen molar-refractivity contribution in [1.29, 1.82) is 0 Å². The largest absolute Gasteiger partial charge is 0.493 e. The molecule has 0 saturated heterocycles. The monoisotopic (exact) mass is 549 g/mol. The second-order valence-electron chi connectivity index (χ2n) is 9.02. The molecular weight excluding hydrogens is 514 g/mol. The Bertz CT molecular complexity index is 1420. The highest BCUT2D eigenvalue weighted by atomic mass is 32.1. The Balaban J connectivity index is 1.49. The zero-order valence-corrected chi connectivity index (χ0v) is 23.8. The normalized spacial score (nSPS) is 11.8. The number of rotatable bonds is 13. The lowest BCUT2D eigenvalue weighted by Crippen LogP contribution is -2.35. The third kappa shape index (κ3) is 7.03. The Morgan fingerprint density at radius 2 is 1.79 bits per heavy atom. The van der Waals surface area contributed by atoms with Crippen molar-refractivity contribution in [2.24, 2.45) is 0 Å². The van der Waals surface area contributed by atoms with Crippen molar-refractivity contribution in [2.75, 3.05) is 46.3 Å². The summed E-state index contributed by atoms with van der Waals surface area (Å²) in [4.78, 5) is 23.6. The average Bonchev–Trinajstić information content (AvgIpc) is 3.43. The molecule has 2 heterocycles. The van der Waals surface area contributed by atoms with Gasteiger partial charge in [0.2, 0.25) is 5.91 Å². The van der Waals surface area contributed by atoms with Gasteiger partial charge in [-0.1, -0.05) is 24.3 Å². The van der Waals surface area contributed by atoms with E-state index < -0.39 is 0 Å². The van der Waals surface area contributed by atoms with Gasteiger partial charge in [-0.15, -0.1) is 11.3 Å². The Kier molecular flexibility index (Phi) is 9.69. The number of aryl methyl sites for hydroxylation is 1. The molecule has 0 aliphatic heterocycles. The molecule has 206 valence electrons. The molecule has 3 N–H and O–H groups in total. The highest BCUT2D eigenvalue weighted by Gasteiger charge is 2.17. The zero-order valence-electron chi connectivity index (χ0n) is 23.0. The molecule has 10 heteroatoms. The van der Waals surface area contributed by atoms with Crippen LogP contribution >= 0.6 is 11.3 Å². The van der Waals surface area contributed by atoms with Crippen molar-refractivity contribution >= 4 is 34.0 Å². The molecule has 0 bridgehead atoms. The lowest BCUT2D eigenvalue weighted by atomic mass is 10.1. The maximum atomic E-state index is 12.0. The first-order valence-electron chi connectivity index (χ1n) is 12.7. The third-order valence-electron chi connectivity index (χ3n) is 6.23. The highest BCUT2D eigenvalue weighted by Crippen LogP contribution is 2.37. The summed E-state index contributed by atoms with van der Waals surface area (Å²) in [5.74, 6) is 2.62. The fraction of sp³-hybridized carbons (Fsp3) is 0.345. The van der Waals surface area contributed by atoms with Gasteiger partial charge in [0.05, 0.1) is 38.9 Å². The number of fused-ring (bicyclic) bond motifs is 1. The van der Waals surface area contributed by atoms with Crippen LogP contribution in [0.4, 0.5) is 5.82 Å². The predicted octanol–water partition coefficient (Wildman–Crippen LogP) is 4.71. The van der Waals surface area contributed by atoms with Crippen LogP contribution in [0.1, 0.15) is 29.2 Å². The van der Waals surface area contributed by atoms with Crippen molar-refractivity contribution in [1.82, 2.24) is 20.6 Å². The number of methoxy groups -OCH3 is 3. The summed E-state index contributed by atoms with van der Waals surface area (Å²) in [6.45, 7) is 5.84. The standard InChI is InChI=1S/C29H35N5O4S/c1-18(32-29-22-14-24(37-4)25(38-5)15-23(22)33-19(2)34-29)26-10-11-27(39-26)21-9-7-6-8-20(21)16-30-17-28(35)31-12-13-36-3/h6-11,14-15,18,30H,12-13,16-17H2,1-5H3,(H,31,35)(H,32,33,34). The molecule has 0 fully saturated rings. The van der Waals surface area contributed by atoms with Gasteiger partial charge in [0, 0.05) is 41.4 Å². The summed E-state index contributed by atoms with van der Waals surface area (Å²) < 4.78 is 15.9. The van der Waals surface area contributed by atoms with E-state index in [4.69, 9.17) is 14.2 Å². The molecule has 1 amide bonds. The van der Waals surface area contributed by atoms with Gasteiger partial charge in [-0.2, -0.15) is 0 Å². The molecule has 0 aliphatic carbocycles. The van der Waals surface area contributed by atoms with Crippen LogP contribution in [0.2, 0.25) is 0 Å². The Morgan fingerprint density at radius 3 is 2.56 bits per heavy atom. The van der Waals surface area contributed by atoms with Gasteiger partial charge in [0.25, 0.3) is 0 Å². The maximum Gasteiger partial charge on any atom is 0.234 e. The van der Waals surface area contributed by atoms with E-state index in [2.05, 4.69) is 57.1 Å². The number of thiophene rings is 1. The SMILES string of the molecule is COCCNC(=O)CNCc1ccccc1-c1ccc(C(C)Nc2nc(C)nc3cc(OC)c(OC)cc23)s1. The number of benzene rings is 2. The highest BCUT2D eigenvalue weighted by molar-refractivity contribution is 7.15. The topological polar surface area (TPSA) is 107 Å². The number of hydrogen-bond donors (Lipinski definition) is 3. The molecule has 2 aromatic heterocycles. The van der Waals surface area contributed by atoms with E-state index in [-0.39, 0.29) is 18.5 Å². The van der Waals surface area contributed by atoms with Crippen molar-refractivity contribution in [3.63, 3.8) is 0 Å². The number of carbonyl (C=O) groups excluding carboxylic acids is 1. The molecule has 4 rings (SSSR count). The molecule has 39 heavy (non-hydrogen) atoms. The van der Waals surface area contributed by atoms with Crippen LogP contribution in [0.3, 0.4) is 0 Å². The smallest absolute Gasteiger partial charge is 0.234 e. The van der Waals surface area contributed by atoms with Crippen molar-refractivity contribution in [2.45, 2.75) is 26.4 Å². The molecule has 0 spiro atoms. The third-order valence-corrected chi connectivity index (χ3v) is 7.53. The van der Waals surface area contributed by atoms with Gasteiger partial charge in [-0.3, -0.25) is 4.79 Å². The summed E-state index contributed by atoms with van der Waals surface area (Å²) in [6, 6.07) is 16.3. The van der Waals surface area contributed by atoms with E-state index >= 15 is 0 Å². The van der Waals surface area contributed by atoms with Gasteiger partial charge < -0.3 is 30.2 Å². The van der Waals surface area contributed by atoms with Crippen molar-refractivity contribution in [3.05, 3.63) is 64.8 Å². The Hall–Kier alpha value is -3.73. The van der Waals surface area contributed by atoms with E-state index in [9.17, 15) is 4.79 Å². The van der Waals surface area contributed by atoms with Crippen molar-refractivity contribution < 1.29 is 19.0 Å². The number of amides is 1. The molecule has 2 aromatic carbocycles. The first-order chi connectivity index (χ1) is 18.9. The van der Waals surface area contributed by atoms with E-state index in [1.54, 1.807) is 32.7 Å². The second-order valence-corrected chi connectivity index (χ2v) is 10.1. The molecule has 0 radical (unpaired) electrons. The molecule has 1 unspecified atom stereocenters. The maximum absolute atomic E-state index is 12.0. The minimum Gasteiger partial charge on any atom is -0.493 e. The van der Waals surface area contributed by atoms with E-state index in [0.717, 1.165) is 32.7 Å². The first kappa shape index (κ1) is 28.3. The summed E-state index contributed by atoms with van der Waals surface area (Å²) in [7, 11) is 4.84. The van der Waals surface area contributed by atoms with Crippen LogP contribution in [-0.2, 0) is 16.1 Å². The number of nitrogens with zero attached hydrogens (tertiary/aromatic N) is 2. The van der Waals surface area contributed by atoms with Crippen LogP contribution in [0, 0.1) is 6.92 Å². The molecule has 0 saturated carbocycles. The summed E-state index contributed by atoms with van der Waals surface area (Å²) in [5, 5.41) is 10.5. The van der Waals surface area contributed by atoms with Gasteiger partial charge in [-0.25, -0.2) is 9.97 Å². The van der Waals surface area contributed by atoms with Gasteiger partial charge in [-0.05, 0) is 43.2 Å². The fourth-order valence-corrected chi connectivity index (χ4v) is 5.34. The van der Waals surface area contributed by atoms with Gasteiger partial charge in [0.1, 0.15) is 11.6 Å². The fourth-order valence-electron chi connectivity index (χ4n) is 4.27. The lowest BCUT2D eigenvalue weighted by molar-refractivity contribution is -0.120. The average molecular weight is 550 g/mol. The molecule has 1 atom stereocenters. The molecular formula is C29H35N5O4S. The lowest BCUT2D eigenvalue weighted by Gasteiger charge is -2.17. The Labute approximate surface area is 232 Å². The van der Waals surface area contributed by atoms with Gasteiger partial charge >= 0.3 is 0 Å².